The summed E-state index contributed by atoms with van der Waals surface area (Å²) in [5, 5.41) is 27.9. The van der Waals surface area contributed by atoms with Crippen molar-refractivity contribution < 1.29 is 24.5 Å². The highest BCUT2D eigenvalue weighted by Crippen LogP contribution is 2.23. The van der Waals surface area contributed by atoms with Gasteiger partial charge in [0.05, 0.1) is 11.7 Å². The third kappa shape index (κ3) is 2.78. The summed E-state index contributed by atoms with van der Waals surface area (Å²) < 4.78 is 12.9. The number of aliphatic hydroxyl groups is 2. The zero-order valence-electron chi connectivity index (χ0n) is 8.10. The summed E-state index contributed by atoms with van der Waals surface area (Å²) in [6, 6.07) is 2.94. The quantitative estimate of drug-likeness (QED) is 0.732. The zero-order chi connectivity index (χ0) is 12.3. The van der Waals surface area contributed by atoms with Gasteiger partial charge in [0.1, 0.15) is 11.9 Å². The van der Waals surface area contributed by atoms with Crippen molar-refractivity contribution >= 4 is 21.9 Å². The van der Waals surface area contributed by atoms with Crippen LogP contribution in [-0.2, 0) is 0 Å². The van der Waals surface area contributed by atoms with Crippen LogP contribution in [0.25, 0.3) is 0 Å². The first kappa shape index (κ1) is 13.1. The molecule has 0 aliphatic carbocycles. The zero-order valence-corrected chi connectivity index (χ0v) is 9.69. The Balaban J connectivity index is 3.19. The third-order valence-corrected chi connectivity index (χ3v) is 2.75. The smallest absolute Gasteiger partial charge is 0.336 e. The van der Waals surface area contributed by atoms with Crippen molar-refractivity contribution in [3.8, 4) is 0 Å². The minimum absolute atomic E-state index is 0.0593. The summed E-state index contributed by atoms with van der Waals surface area (Å²) in [4.78, 5) is 10.8. The number of aliphatic hydroxyl groups excluding tert-OH is 2. The lowest BCUT2D eigenvalue weighted by Gasteiger charge is -2.17. The first-order chi connectivity index (χ1) is 7.47. The van der Waals surface area contributed by atoms with E-state index in [9.17, 15) is 19.4 Å². The number of carbonyl (C=O) groups is 1. The van der Waals surface area contributed by atoms with Crippen molar-refractivity contribution in [1.82, 2.24) is 0 Å². The maximum absolute atomic E-state index is 12.9. The second kappa shape index (κ2) is 5.38. The predicted octanol–water partition coefficient (Wildman–Crippen LogP) is 1.31. The Morgan fingerprint density at radius 1 is 1.44 bits per heavy atom. The van der Waals surface area contributed by atoms with E-state index < -0.39 is 24.0 Å². The molecule has 6 heteroatoms. The first-order valence-electron chi connectivity index (χ1n) is 4.42. The summed E-state index contributed by atoms with van der Waals surface area (Å²) in [6.07, 6.45) is -2.64. The van der Waals surface area contributed by atoms with Crippen molar-refractivity contribution in [2.45, 2.75) is 12.2 Å². The van der Waals surface area contributed by atoms with E-state index in [1.165, 1.54) is 0 Å². The maximum atomic E-state index is 12.9. The lowest BCUT2D eigenvalue weighted by Crippen LogP contribution is -2.22. The molecule has 0 heterocycles. The van der Waals surface area contributed by atoms with Gasteiger partial charge in [-0.25, -0.2) is 9.18 Å². The van der Waals surface area contributed by atoms with Crippen molar-refractivity contribution in [2.24, 2.45) is 0 Å². The number of benzene rings is 1. The van der Waals surface area contributed by atoms with E-state index in [0.717, 1.165) is 18.2 Å². The summed E-state index contributed by atoms with van der Waals surface area (Å²) in [5.74, 6) is -1.95. The number of rotatable bonds is 4. The summed E-state index contributed by atoms with van der Waals surface area (Å²) >= 11 is 2.94. The van der Waals surface area contributed by atoms with Gasteiger partial charge in [-0.2, -0.15) is 0 Å². The van der Waals surface area contributed by atoms with Gasteiger partial charge in [0.25, 0.3) is 0 Å². The summed E-state index contributed by atoms with van der Waals surface area (Å²) in [5.41, 5.74) is -0.367. The fourth-order valence-corrected chi connectivity index (χ4v) is 1.62. The van der Waals surface area contributed by atoms with E-state index in [4.69, 9.17) is 5.11 Å². The van der Waals surface area contributed by atoms with Crippen molar-refractivity contribution in [1.29, 1.82) is 0 Å². The molecule has 1 aromatic carbocycles. The lowest BCUT2D eigenvalue weighted by molar-refractivity contribution is 0.0326. The molecule has 0 bridgehead atoms. The van der Waals surface area contributed by atoms with Crippen LogP contribution in [0.5, 0.6) is 0 Å². The van der Waals surface area contributed by atoms with E-state index in [-0.39, 0.29) is 16.5 Å². The van der Waals surface area contributed by atoms with Gasteiger partial charge in [0.2, 0.25) is 0 Å². The summed E-state index contributed by atoms with van der Waals surface area (Å²) in [6.45, 7) is 0. The van der Waals surface area contributed by atoms with Crippen LogP contribution in [0.3, 0.4) is 0 Å². The molecule has 0 aliphatic rings. The average Bonchev–Trinajstić information content (AvgIpc) is 2.26. The molecular weight excluding hydrogens is 283 g/mol. The van der Waals surface area contributed by atoms with Crippen LogP contribution in [0.1, 0.15) is 22.0 Å². The van der Waals surface area contributed by atoms with Gasteiger partial charge in [-0.1, -0.05) is 15.9 Å². The summed E-state index contributed by atoms with van der Waals surface area (Å²) in [7, 11) is 0. The van der Waals surface area contributed by atoms with Gasteiger partial charge in [0.15, 0.2) is 0 Å². The number of aromatic carboxylic acids is 1. The van der Waals surface area contributed by atoms with Gasteiger partial charge in [-0.15, -0.1) is 0 Å². The third-order valence-electron chi connectivity index (χ3n) is 2.09. The molecule has 0 radical (unpaired) electrons. The fourth-order valence-electron chi connectivity index (χ4n) is 1.26. The molecule has 2 atom stereocenters. The molecule has 0 fully saturated rings. The van der Waals surface area contributed by atoms with E-state index in [2.05, 4.69) is 15.9 Å². The second-order valence-electron chi connectivity index (χ2n) is 3.20. The van der Waals surface area contributed by atoms with E-state index in [1.54, 1.807) is 0 Å². The number of halogens is 2. The normalized spacial score (nSPS) is 14.5. The van der Waals surface area contributed by atoms with Crippen LogP contribution in [-0.4, -0.2) is 32.7 Å². The second-order valence-corrected chi connectivity index (χ2v) is 3.85. The van der Waals surface area contributed by atoms with E-state index in [1.807, 2.05) is 0 Å². The standard InChI is InChI=1S/C10H10BrFO4/c11-4-8(13)9(14)7-3-5(12)1-2-6(7)10(15)16/h1-3,8-9,13-14H,4H2,(H,15,16). The molecule has 2 unspecified atom stereocenters. The minimum Gasteiger partial charge on any atom is -0.478 e. The van der Waals surface area contributed by atoms with E-state index in [0.29, 0.717) is 0 Å². The molecule has 1 aromatic rings. The molecule has 88 valence electrons. The number of hydrogen-bond donors (Lipinski definition) is 3. The van der Waals surface area contributed by atoms with Gasteiger partial charge in [0, 0.05) is 10.9 Å². The van der Waals surface area contributed by atoms with Gasteiger partial charge < -0.3 is 15.3 Å². The average molecular weight is 293 g/mol. The topological polar surface area (TPSA) is 77.8 Å². The van der Waals surface area contributed by atoms with Gasteiger partial charge >= 0.3 is 5.97 Å². The van der Waals surface area contributed by atoms with Gasteiger partial charge in [-0.3, -0.25) is 0 Å². The number of alkyl halides is 1. The Kier molecular flexibility index (Phi) is 4.40. The van der Waals surface area contributed by atoms with Crippen LogP contribution in [0.4, 0.5) is 4.39 Å². The Labute approximate surface area is 99.5 Å². The SMILES string of the molecule is O=C(O)c1ccc(F)cc1C(O)C(O)CBr. The van der Waals surface area contributed by atoms with Crippen LogP contribution in [0.15, 0.2) is 18.2 Å². The van der Waals surface area contributed by atoms with Gasteiger partial charge in [-0.05, 0) is 18.2 Å². The molecule has 1 rings (SSSR count). The molecule has 0 aromatic heterocycles. The lowest BCUT2D eigenvalue weighted by atomic mass is 9.99. The molecule has 16 heavy (non-hydrogen) atoms. The highest BCUT2D eigenvalue weighted by Gasteiger charge is 2.23. The molecule has 0 aliphatic heterocycles. The van der Waals surface area contributed by atoms with Crippen molar-refractivity contribution in [3.05, 3.63) is 35.1 Å². The van der Waals surface area contributed by atoms with Crippen LogP contribution in [0.2, 0.25) is 0 Å². The maximum Gasteiger partial charge on any atom is 0.336 e. The molecule has 0 spiro atoms. The van der Waals surface area contributed by atoms with Crippen LogP contribution < -0.4 is 0 Å². The monoisotopic (exact) mass is 292 g/mol. The predicted molar refractivity (Wildman–Crippen MR) is 58.1 cm³/mol. The highest BCUT2D eigenvalue weighted by atomic mass is 79.9. The van der Waals surface area contributed by atoms with E-state index >= 15 is 0 Å². The Hall–Kier alpha value is -0.980. The number of carboxylic acid groups (broad SMARTS) is 1. The van der Waals surface area contributed by atoms with Crippen LogP contribution in [0, 0.1) is 5.82 Å². The minimum atomic E-state index is -1.44. The number of carboxylic acids is 1. The first-order valence-corrected chi connectivity index (χ1v) is 5.54. The largest absolute Gasteiger partial charge is 0.478 e. The molecule has 0 saturated carbocycles. The Bertz CT molecular complexity index is 396. The van der Waals surface area contributed by atoms with Crippen LogP contribution >= 0.6 is 15.9 Å². The van der Waals surface area contributed by atoms with Crippen molar-refractivity contribution in [2.75, 3.05) is 5.33 Å². The molecule has 0 saturated heterocycles. The Morgan fingerprint density at radius 3 is 2.56 bits per heavy atom. The van der Waals surface area contributed by atoms with Crippen molar-refractivity contribution in [3.63, 3.8) is 0 Å². The number of hydrogen-bond acceptors (Lipinski definition) is 3. The Morgan fingerprint density at radius 2 is 2.06 bits per heavy atom. The molecule has 4 nitrogen and oxygen atoms in total. The molecular formula is C10H10BrFO4. The molecule has 3 N–H and O–H groups in total. The molecule has 0 amide bonds. The highest BCUT2D eigenvalue weighted by molar-refractivity contribution is 9.09. The fraction of sp³-hybridized carbons (Fsp3) is 0.300.